The molecule has 1 saturated carbocycles. The number of para-hydroxylation sites is 1. The molecule has 0 amide bonds. The van der Waals surface area contributed by atoms with Crippen LogP contribution in [0.2, 0.25) is 0 Å². The second-order valence-corrected chi connectivity index (χ2v) is 6.63. The molecule has 3 aromatic rings. The quantitative estimate of drug-likeness (QED) is 0.748. The van der Waals surface area contributed by atoms with Crippen molar-refractivity contribution in [2.75, 3.05) is 12.4 Å². The molecule has 130 valence electrons. The lowest BCUT2D eigenvalue weighted by Gasteiger charge is -2.19. The first kappa shape index (κ1) is 15.9. The van der Waals surface area contributed by atoms with Gasteiger partial charge >= 0.3 is 0 Å². The van der Waals surface area contributed by atoms with Gasteiger partial charge in [0, 0.05) is 36.2 Å². The largest absolute Gasteiger partial charge is 0.494 e. The van der Waals surface area contributed by atoms with E-state index in [1.54, 1.807) is 19.5 Å². The monoisotopic (exact) mass is 338 g/mol. The number of aromatic nitrogens is 3. The van der Waals surface area contributed by atoms with Gasteiger partial charge in [-0.1, -0.05) is 12.1 Å². The lowest BCUT2D eigenvalue weighted by atomic mass is 10.1. The van der Waals surface area contributed by atoms with Crippen molar-refractivity contribution < 1.29 is 9.84 Å². The molecule has 1 aliphatic carbocycles. The Kier molecular flexibility index (Phi) is 4.28. The summed E-state index contributed by atoms with van der Waals surface area (Å²) in [5, 5.41) is 15.0. The number of ether oxygens (including phenoxy) is 1. The molecule has 25 heavy (non-hydrogen) atoms. The van der Waals surface area contributed by atoms with E-state index in [0.29, 0.717) is 5.92 Å². The first-order valence-electron chi connectivity index (χ1n) is 8.56. The zero-order valence-electron chi connectivity index (χ0n) is 14.2. The minimum absolute atomic E-state index is 0.0327. The summed E-state index contributed by atoms with van der Waals surface area (Å²) in [6.07, 6.45) is 8.72. The van der Waals surface area contributed by atoms with E-state index >= 15 is 0 Å². The van der Waals surface area contributed by atoms with Crippen molar-refractivity contribution in [1.29, 1.82) is 0 Å². The Morgan fingerprint density at radius 1 is 1.28 bits per heavy atom. The lowest BCUT2D eigenvalue weighted by Crippen LogP contribution is -2.28. The molecule has 6 heteroatoms. The van der Waals surface area contributed by atoms with E-state index in [9.17, 15) is 5.11 Å². The normalized spacial score (nSPS) is 23.0. The maximum atomic E-state index is 10.5. The number of anilines is 1. The molecule has 1 fully saturated rings. The van der Waals surface area contributed by atoms with Gasteiger partial charge in [0.15, 0.2) is 0 Å². The Bertz CT molecular complexity index is 850. The molecule has 0 aliphatic heterocycles. The van der Waals surface area contributed by atoms with Crippen LogP contribution in [0.4, 0.5) is 5.69 Å². The molecule has 2 aromatic heterocycles. The van der Waals surface area contributed by atoms with E-state index in [0.717, 1.165) is 41.7 Å². The van der Waals surface area contributed by atoms with Crippen LogP contribution in [0.5, 0.6) is 5.75 Å². The summed E-state index contributed by atoms with van der Waals surface area (Å²) in [6.45, 7) is 0.889. The van der Waals surface area contributed by atoms with Crippen LogP contribution in [-0.4, -0.2) is 38.9 Å². The maximum absolute atomic E-state index is 10.5. The van der Waals surface area contributed by atoms with Crippen molar-refractivity contribution in [2.24, 2.45) is 5.92 Å². The van der Waals surface area contributed by atoms with Crippen LogP contribution in [0, 0.1) is 5.92 Å². The number of hydrogen-bond donors (Lipinski definition) is 2. The lowest BCUT2D eigenvalue weighted by molar-refractivity contribution is 0.166. The third kappa shape index (κ3) is 3.17. The number of aliphatic hydroxyl groups is 1. The number of hydrogen-bond acceptors (Lipinski definition) is 5. The first-order valence-corrected chi connectivity index (χ1v) is 8.56. The number of benzene rings is 1. The fourth-order valence-electron chi connectivity index (χ4n) is 3.75. The maximum Gasteiger partial charge on any atom is 0.145 e. The van der Waals surface area contributed by atoms with Gasteiger partial charge < -0.3 is 19.7 Å². The molecule has 2 heterocycles. The van der Waals surface area contributed by atoms with Gasteiger partial charge in [0.05, 0.1) is 25.6 Å². The fourth-order valence-corrected chi connectivity index (χ4v) is 3.75. The van der Waals surface area contributed by atoms with E-state index in [2.05, 4.69) is 19.9 Å². The van der Waals surface area contributed by atoms with Gasteiger partial charge in [-0.2, -0.15) is 0 Å². The number of nitrogens with zero attached hydrogens (tertiary/aromatic N) is 3. The second-order valence-electron chi connectivity index (χ2n) is 6.63. The highest BCUT2D eigenvalue weighted by Crippen LogP contribution is 2.33. The number of fused-ring (bicyclic) bond motifs is 1. The molecule has 4 rings (SSSR count). The highest BCUT2D eigenvalue weighted by Gasteiger charge is 2.33. The van der Waals surface area contributed by atoms with Gasteiger partial charge in [-0.25, -0.2) is 4.98 Å². The molecule has 2 N–H and O–H groups in total. The van der Waals surface area contributed by atoms with Crippen molar-refractivity contribution in [2.45, 2.75) is 31.5 Å². The Hall–Kier alpha value is -2.60. The highest BCUT2D eigenvalue weighted by atomic mass is 16.5. The zero-order valence-corrected chi connectivity index (χ0v) is 14.2. The number of rotatable bonds is 5. The average Bonchev–Trinajstić information content (AvgIpc) is 3.25. The van der Waals surface area contributed by atoms with E-state index < -0.39 is 0 Å². The van der Waals surface area contributed by atoms with E-state index in [4.69, 9.17) is 4.74 Å². The Morgan fingerprint density at radius 2 is 2.20 bits per heavy atom. The Balaban J connectivity index is 1.53. The van der Waals surface area contributed by atoms with Gasteiger partial charge in [-0.3, -0.25) is 4.98 Å². The van der Waals surface area contributed by atoms with Crippen molar-refractivity contribution in [3.05, 3.63) is 49.2 Å². The Labute approximate surface area is 146 Å². The second kappa shape index (κ2) is 6.72. The van der Waals surface area contributed by atoms with Crippen LogP contribution < -0.4 is 10.1 Å². The molecular weight excluding hydrogens is 316 g/mol. The van der Waals surface area contributed by atoms with Gasteiger partial charge in [0.1, 0.15) is 11.3 Å². The summed E-state index contributed by atoms with van der Waals surface area (Å²) >= 11 is 0. The zero-order chi connectivity index (χ0) is 17.2. The summed E-state index contributed by atoms with van der Waals surface area (Å²) in [5.74, 6) is 1.19. The third-order valence-electron chi connectivity index (χ3n) is 4.95. The standard InChI is InChI=1S/C19H22N4O2/c1-25-18-4-2-3-14-15(5-6-21-19(14)18)22-16-9-13(10-17(16)24)11-23-8-7-20-12-23/h2-8,12-13,16-17,24H,9-11H2,1H3,(H,21,22)/t13?,16-,17-/m1/s1. The highest BCUT2D eigenvalue weighted by molar-refractivity contribution is 5.94. The average molecular weight is 338 g/mol. The predicted octanol–water partition coefficient (Wildman–Crippen LogP) is 2.69. The molecule has 0 saturated heterocycles. The van der Waals surface area contributed by atoms with Gasteiger partial charge in [0.25, 0.3) is 0 Å². The van der Waals surface area contributed by atoms with E-state index in [1.165, 1.54) is 0 Å². The summed E-state index contributed by atoms with van der Waals surface area (Å²) < 4.78 is 7.48. The number of methoxy groups -OCH3 is 1. The van der Waals surface area contributed by atoms with Crippen LogP contribution in [0.3, 0.4) is 0 Å². The summed E-state index contributed by atoms with van der Waals surface area (Å²) in [6, 6.07) is 7.88. The van der Waals surface area contributed by atoms with Gasteiger partial charge in [-0.05, 0) is 30.9 Å². The van der Waals surface area contributed by atoms with Gasteiger partial charge in [0.2, 0.25) is 0 Å². The van der Waals surface area contributed by atoms with E-state index in [1.807, 2.05) is 36.8 Å². The number of nitrogens with one attached hydrogen (secondary N) is 1. The molecule has 3 atom stereocenters. The number of imidazole rings is 1. The minimum atomic E-state index is -0.359. The number of aliphatic hydroxyl groups excluding tert-OH is 1. The summed E-state index contributed by atoms with van der Waals surface area (Å²) in [5.41, 5.74) is 1.81. The minimum Gasteiger partial charge on any atom is -0.494 e. The van der Waals surface area contributed by atoms with Crippen LogP contribution in [0.25, 0.3) is 10.9 Å². The van der Waals surface area contributed by atoms with Crippen LogP contribution in [0.15, 0.2) is 49.2 Å². The fraction of sp³-hybridized carbons (Fsp3) is 0.368. The predicted molar refractivity (Wildman–Crippen MR) is 96.7 cm³/mol. The van der Waals surface area contributed by atoms with Crippen molar-refractivity contribution >= 4 is 16.6 Å². The molecular formula is C19H22N4O2. The summed E-state index contributed by atoms with van der Waals surface area (Å²) in [4.78, 5) is 8.52. The smallest absolute Gasteiger partial charge is 0.145 e. The summed E-state index contributed by atoms with van der Waals surface area (Å²) in [7, 11) is 1.65. The van der Waals surface area contributed by atoms with Crippen LogP contribution in [0.1, 0.15) is 12.8 Å². The van der Waals surface area contributed by atoms with E-state index in [-0.39, 0.29) is 12.1 Å². The SMILES string of the molecule is COc1cccc2c(N[C@@H]3CC(Cn4ccnc4)C[C@H]3O)ccnc12. The molecule has 0 spiro atoms. The molecule has 6 nitrogen and oxygen atoms in total. The molecule has 0 bridgehead atoms. The third-order valence-corrected chi connectivity index (χ3v) is 4.95. The molecule has 1 aromatic carbocycles. The molecule has 0 radical (unpaired) electrons. The molecule has 1 aliphatic rings. The molecule has 1 unspecified atom stereocenters. The Morgan fingerprint density at radius 3 is 3.00 bits per heavy atom. The van der Waals surface area contributed by atoms with Gasteiger partial charge in [-0.15, -0.1) is 0 Å². The van der Waals surface area contributed by atoms with Crippen LogP contribution in [-0.2, 0) is 6.54 Å². The first-order chi connectivity index (χ1) is 12.2. The number of pyridine rings is 1. The van der Waals surface area contributed by atoms with Crippen molar-refractivity contribution in [1.82, 2.24) is 14.5 Å². The topological polar surface area (TPSA) is 72.2 Å². The van der Waals surface area contributed by atoms with Crippen molar-refractivity contribution in [3.8, 4) is 5.75 Å². The van der Waals surface area contributed by atoms with Crippen molar-refractivity contribution in [3.63, 3.8) is 0 Å². The van der Waals surface area contributed by atoms with Crippen LogP contribution >= 0.6 is 0 Å².